The summed E-state index contributed by atoms with van der Waals surface area (Å²) >= 11 is 11.8. The quantitative estimate of drug-likeness (QED) is 0.918. The average Bonchev–Trinajstić information content (AvgIpc) is 2.93. The van der Waals surface area contributed by atoms with Gasteiger partial charge in [0.05, 0.1) is 28.8 Å². The maximum absolute atomic E-state index is 12.3. The van der Waals surface area contributed by atoms with Gasteiger partial charge in [-0.25, -0.2) is 0 Å². The average molecular weight is 327 g/mol. The van der Waals surface area contributed by atoms with Crippen LogP contribution in [0.3, 0.4) is 0 Å². The zero-order valence-corrected chi connectivity index (χ0v) is 13.3. The fraction of sp³-hybridized carbons (Fsp3) is 0.357. The van der Waals surface area contributed by atoms with E-state index in [0.717, 1.165) is 0 Å². The van der Waals surface area contributed by atoms with Crippen LogP contribution in [-0.2, 0) is 6.54 Å². The fourth-order valence-corrected chi connectivity index (χ4v) is 2.14. The van der Waals surface area contributed by atoms with Crippen LogP contribution in [0, 0.1) is 5.92 Å². The predicted octanol–water partition coefficient (Wildman–Crippen LogP) is 3.04. The van der Waals surface area contributed by atoms with Crippen LogP contribution in [0.4, 0.5) is 0 Å². The molecule has 0 spiro atoms. The molecule has 1 amide bonds. The Morgan fingerprint density at radius 2 is 2.10 bits per heavy atom. The van der Waals surface area contributed by atoms with Crippen LogP contribution in [0.15, 0.2) is 30.6 Å². The van der Waals surface area contributed by atoms with Crippen LogP contribution in [0.25, 0.3) is 0 Å². The van der Waals surface area contributed by atoms with Gasteiger partial charge in [-0.15, -0.1) is 5.10 Å². The van der Waals surface area contributed by atoms with E-state index in [0.29, 0.717) is 22.2 Å². The fourth-order valence-electron chi connectivity index (χ4n) is 1.84. The van der Waals surface area contributed by atoms with Gasteiger partial charge in [0.2, 0.25) is 0 Å². The van der Waals surface area contributed by atoms with E-state index in [4.69, 9.17) is 23.2 Å². The van der Waals surface area contributed by atoms with Crippen molar-refractivity contribution in [3.63, 3.8) is 0 Å². The van der Waals surface area contributed by atoms with Gasteiger partial charge < -0.3 is 5.32 Å². The topological polar surface area (TPSA) is 59.8 Å². The van der Waals surface area contributed by atoms with E-state index in [-0.39, 0.29) is 17.9 Å². The molecule has 0 radical (unpaired) electrons. The molecular weight excluding hydrogens is 311 g/mol. The van der Waals surface area contributed by atoms with Crippen molar-refractivity contribution in [3.8, 4) is 0 Å². The summed E-state index contributed by atoms with van der Waals surface area (Å²) in [6, 6.07) is 4.76. The molecule has 112 valence electrons. The highest BCUT2D eigenvalue weighted by atomic mass is 35.5. The third-order valence-electron chi connectivity index (χ3n) is 3.16. The van der Waals surface area contributed by atoms with E-state index in [1.165, 1.54) is 0 Å². The largest absolute Gasteiger partial charge is 0.347 e. The number of amides is 1. The van der Waals surface area contributed by atoms with Crippen LogP contribution >= 0.6 is 23.2 Å². The van der Waals surface area contributed by atoms with Crippen LogP contribution in [0.2, 0.25) is 10.0 Å². The van der Waals surface area contributed by atoms with E-state index in [9.17, 15) is 4.79 Å². The Morgan fingerprint density at radius 1 is 1.33 bits per heavy atom. The third-order valence-corrected chi connectivity index (χ3v) is 3.90. The summed E-state index contributed by atoms with van der Waals surface area (Å²) in [4.78, 5) is 12.3. The number of carbonyl (C=O) groups excluding carboxylic acids is 1. The molecule has 21 heavy (non-hydrogen) atoms. The Morgan fingerprint density at radius 3 is 2.67 bits per heavy atom. The molecule has 0 bridgehead atoms. The van der Waals surface area contributed by atoms with Gasteiger partial charge >= 0.3 is 0 Å². The van der Waals surface area contributed by atoms with Crippen molar-refractivity contribution in [2.45, 2.75) is 26.4 Å². The highest BCUT2D eigenvalue weighted by molar-refractivity contribution is 6.42. The number of nitrogens with one attached hydrogen (secondary N) is 1. The first-order valence-electron chi connectivity index (χ1n) is 6.57. The second-order valence-corrected chi connectivity index (χ2v) is 5.89. The molecule has 0 aliphatic heterocycles. The molecule has 0 aliphatic rings. The van der Waals surface area contributed by atoms with Crippen molar-refractivity contribution in [3.05, 3.63) is 46.2 Å². The number of hydrogen-bond acceptors (Lipinski definition) is 3. The maximum atomic E-state index is 12.3. The molecule has 7 heteroatoms. The second-order valence-electron chi connectivity index (χ2n) is 5.08. The number of rotatable bonds is 5. The number of benzene rings is 1. The SMILES string of the molecule is CC(C)[C@H](Cn1ccnn1)NC(=O)c1ccc(Cl)c(Cl)c1. The molecule has 5 nitrogen and oxygen atoms in total. The molecule has 0 saturated carbocycles. The van der Waals surface area contributed by atoms with Crippen LogP contribution < -0.4 is 5.32 Å². The smallest absolute Gasteiger partial charge is 0.251 e. The van der Waals surface area contributed by atoms with Gasteiger partial charge in [0.15, 0.2) is 0 Å². The third kappa shape index (κ3) is 4.19. The zero-order chi connectivity index (χ0) is 15.4. The van der Waals surface area contributed by atoms with E-state index in [1.807, 2.05) is 13.8 Å². The molecule has 1 heterocycles. The number of halogens is 2. The monoisotopic (exact) mass is 326 g/mol. The lowest BCUT2D eigenvalue weighted by Gasteiger charge is -2.22. The molecule has 0 unspecified atom stereocenters. The number of nitrogens with zero attached hydrogens (tertiary/aromatic N) is 3. The van der Waals surface area contributed by atoms with Crippen molar-refractivity contribution < 1.29 is 4.79 Å². The summed E-state index contributed by atoms with van der Waals surface area (Å²) in [5.41, 5.74) is 0.480. The molecule has 2 rings (SSSR count). The minimum Gasteiger partial charge on any atom is -0.347 e. The van der Waals surface area contributed by atoms with Crippen LogP contribution in [0.5, 0.6) is 0 Å². The molecule has 0 aliphatic carbocycles. The van der Waals surface area contributed by atoms with Gasteiger partial charge in [0.25, 0.3) is 5.91 Å². The predicted molar refractivity (Wildman–Crippen MR) is 82.6 cm³/mol. The van der Waals surface area contributed by atoms with Gasteiger partial charge in [-0.2, -0.15) is 0 Å². The number of hydrogen-bond donors (Lipinski definition) is 1. The first-order valence-corrected chi connectivity index (χ1v) is 7.33. The molecule has 1 N–H and O–H groups in total. The molecule has 1 aromatic heterocycles. The molecule has 1 aromatic carbocycles. The Balaban J connectivity index is 2.09. The van der Waals surface area contributed by atoms with Gasteiger partial charge in [-0.05, 0) is 24.1 Å². The van der Waals surface area contributed by atoms with Crippen molar-refractivity contribution in [1.82, 2.24) is 20.3 Å². The number of carbonyl (C=O) groups is 1. The van der Waals surface area contributed by atoms with E-state index >= 15 is 0 Å². The molecular formula is C14H16Cl2N4O. The van der Waals surface area contributed by atoms with Crippen LogP contribution in [-0.4, -0.2) is 26.9 Å². The van der Waals surface area contributed by atoms with E-state index in [1.54, 1.807) is 35.3 Å². The van der Waals surface area contributed by atoms with Crippen molar-refractivity contribution >= 4 is 29.1 Å². The summed E-state index contributed by atoms with van der Waals surface area (Å²) in [7, 11) is 0. The summed E-state index contributed by atoms with van der Waals surface area (Å²) in [6.07, 6.45) is 3.37. The Bertz CT molecular complexity index is 613. The van der Waals surface area contributed by atoms with Crippen molar-refractivity contribution in [1.29, 1.82) is 0 Å². The lowest BCUT2D eigenvalue weighted by atomic mass is 10.0. The first-order chi connectivity index (χ1) is 9.97. The summed E-state index contributed by atoms with van der Waals surface area (Å²) in [5, 5.41) is 11.5. The zero-order valence-electron chi connectivity index (χ0n) is 11.8. The van der Waals surface area contributed by atoms with Crippen molar-refractivity contribution in [2.75, 3.05) is 0 Å². The van der Waals surface area contributed by atoms with Gasteiger partial charge in [-0.1, -0.05) is 42.3 Å². The lowest BCUT2D eigenvalue weighted by Crippen LogP contribution is -2.41. The van der Waals surface area contributed by atoms with Crippen molar-refractivity contribution in [2.24, 2.45) is 5.92 Å². The minimum absolute atomic E-state index is 0.0614. The van der Waals surface area contributed by atoms with E-state index < -0.39 is 0 Å². The summed E-state index contributed by atoms with van der Waals surface area (Å²) in [5.74, 6) is 0.0632. The standard InChI is InChI=1S/C14H16Cl2N4O/c1-9(2)13(8-20-6-5-17-19-20)18-14(21)10-3-4-11(15)12(16)7-10/h3-7,9,13H,8H2,1-2H3,(H,18,21)/t13-/m0/s1. The lowest BCUT2D eigenvalue weighted by molar-refractivity contribution is 0.0919. The van der Waals surface area contributed by atoms with Gasteiger partial charge in [0, 0.05) is 11.8 Å². The Kier molecular flexibility index (Phi) is 5.20. The minimum atomic E-state index is -0.188. The first kappa shape index (κ1) is 15.8. The highest BCUT2D eigenvalue weighted by Crippen LogP contribution is 2.22. The number of aromatic nitrogens is 3. The second kappa shape index (κ2) is 6.91. The van der Waals surface area contributed by atoms with E-state index in [2.05, 4.69) is 15.6 Å². The van der Waals surface area contributed by atoms with Gasteiger partial charge in [-0.3, -0.25) is 9.48 Å². The Labute approximate surface area is 133 Å². The van der Waals surface area contributed by atoms with Crippen LogP contribution in [0.1, 0.15) is 24.2 Å². The molecule has 1 atom stereocenters. The maximum Gasteiger partial charge on any atom is 0.251 e. The Hall–Kier alpha value is -1.59. The van der Waals surface area contributed by atoms with Gasteiger partial charge in [0.1, 0.15) is 0 Å². The summed E-state index contributed by atoms with van der Waals surface area (Å²) < 4.78 is 1.69. The summed E-state index contributed by atoms with van der Waals surface area (Å²) in [6.45, 7) is 4.64. The molecule has 0 fully saturated rings. The highest BCUT2D eigenvalue weighted by Gasteiger charge is 2.18. The molecule has 2 aromatic rings. The molecule has 0 saturated heterocycles. The normalized spacial score (nSPS) is 12.4.